The lowest BCUT2D eigenvalue weighted by atomic mass is 10.1. The molecule has 0 amide bonds. The van der Waals surface area contributed by atoms with Crippen molar-refractivity contribution in [3.63, 3.8) is 0 Å². The Morgan fingerprint density at radius 3 is 2.69 bits per heavy atom. The Hall–Kier alpha value is -2.29. The zero-order chi connectivity index (χ0) is 19.9. The molecule has 29 heavy (non-hydrogen) atoms. The number of aryl methyl sites for hydroxylation is 3. The largest absolute Gasteiger partial charge is 0.496 e. The standard InChI is InChI=1S/C22H29N5O.HI/c1-16-10-11-18(21(14-16)28-4)15-25-22(23-3)24-12-7-13-27-17(2)26-19-8-5-6-9-20(19)27;/h5-6,8-11,14H,7,12-13,15H2,1-4H3,(H2,23,24,25);1H. The second-order valence-corrected chi connectivity index (χ2v) is 6.82. The van der Waals surface area contributed by atoms with Gasteiger partial charge in [0.2, 0.25) is 0 Å². The van der Waals surface area contributed by atoms with Crippen molar-refractivity contribution >= 4 is 41.0 Å². The number of benzene rings is 2. The van der Waals surface area contributed by atoms with Gasteiger partial charge in [-0.3, -0.25) is 4.99 Å². The van der Waals surface area contributed by atoms with E-state index in [0.29, 0.717) is 6.54 Å². The number of rotatable bonds is 7. The van der Waals surface area contributed by atoms with Crippen molar-refractivity contribution in [3.8, 4) is 5.75 Å². The Morgan fingerprint density at radius 1 is 1.14 bits per heavy atom. The predicted molar refractivity (Wildman–Crippen MR) is 130 cm³/mol. The fourth-order valence-electron chi connectivity index (χ4n) is 3.32. The lowest BCUT2D eigenvalue weighted by Crippen LogP contribution is -2.37. The van der Waals surface area contributed by atoms with Crippen molar-refractivity contribution in [1.29, 1.82) is 0 Å². The zero-order valence-corrected chi connectivity index (χ0v) is 19.9. The van der Waals surface area contributed by atoms with Gasteiger partial charge in [0.05, 0.1) is 18.1 Å². The number of hydrogen-bond donors (Lipinski definition) is 2. The Balaban J connectivity index is 0.00000300. The fourth-order valence-corrected chi connectivity index (χ4v) is 3.32. The van der Waals surface area contributed by atoms with Gasteiger partial charge in [0.15, 0.2) is 5.96 Å². The first-order valence-electron chi connectivity index (χ1n) is 9.62. The lowest BCUT2D eigenvalue weighted by Gasteiger charge is -2.14. The molecule has 0 saturated carbocycles. The number of aromatic nitrogens is 2. The third-order valence-electron chi connectivity index (χ3n) is 4.81. The molecule has 156 valence electrons. The maximum atomic E-state index is 5.47. The summed E-state index contributed by atoms with van der Waals surface area (Å²) in [5.41, 5.74) is 4.54. The minimum atomic E-state index is 0. The van der Waals surface area contributed by atoms with E-state index in [1.54, 1.807) is 14.2 Å². The molecule has 0 spiro atoms. The van der Waals surface area contributed by atoms with Crippen LogP contribution in [0.15, 0.2) is 47.5 Å². The number of ether oxygens (including phenoxy) is 1. The van der Waals surface area contributed by atoms with Crippen LogP contribution in [0, 0.1) is 13.8 Å². The van der Waals surface area contributed by atoms with Gasteiger partial charge < -0.3 is 19.9 Å². The molecule has 1 aromatic heterocycles. The Kier molecular flexibility index (Phi) is 8.75. The van der Waals surface area contributed by atoms with Gasteiger partial charge in [-0.25, -0.2) is 4.98 Å². The smallest absolute Gasteiger partial charge is 0.191 e. The van der Waals surface area contributed by atoms with Crippen LogP contribution in [0.2, 0.25) is 0 Å². The lowest BCUT2D eigenvalue weighted by molar-refractivity contribution is 0.408. The molecular formula is C22H30IN5O. The van der Waals surface area contributed by atoms with Crippen LogP contribution in [0.5, 0.6) is 5.75 Å². The van der Waals surface area contributed by atoms with E-state index in [1.807, 2.05) is 12.1 Å². The maximum absolute atomic E-state index is 5.47. The average Bonchev–Trinajstić information content (AvgIpc) is 3.03. The second kappa shape index (κ2) is 11.0. The second-order valence-electron chi connectivity index (χ2n) is 6.82. The van der Waals surface area contributed by atoms with Crippen LogP contribution < -0.4 is 15.4 Å². The number of methoxy groups -OCH3 is 1. The summed E-state index contributed by atoms with van der Waals surface area (Å²) in [6, 6.07) is 14.5. The Labute approximate surface area is 189 Å². The number of nitrogens with zero attached hydrogens (tertiary/aromatic N) is 3. The summed E-state index contributed by atoms with van der Waals surface area (Å²) in [5.74, 6) is 2.73. The molecule has 2 N–H and O–H groups in total. The minimum absolute atomic E-state index is 0. The summed E-state index contributed by atoms with van der Waals surface area (Å²) in [4.78, 5) is 8.94. The maximum Gasteiger partial charge on any atom is 0.191 e. The fraction of sp³-hybridized carbons (Fsp3) is 0.364. The molecule has 2 aromatic carbocycles. The predicted octanol–water partition coefficient (Wildman–Crippen LogP) is 4.04. The number of aliphatic imine (C=N–C) groups is 1. The molecule has 0 aliphatic carbocycles. The quantitative estimate of drug-likeness (QED) is 0.220. The van der Waals surface area contributed by atoms with E-state index < -0.39 is 0 Å². The number of para-hydroxylation sites is 2. The van der Waals surface area contributed by atoms with Gasteiger partial charge in [0.1, 0.15) is 11.6 Å². The van der Waals surface area contributed by atoms with E-state index in [2.05, 4.69) is 69.4 Å². The van der Waals surface area contributed by atoms with Gasteiger partial charge >= 0.3 is 0 Å². The Morgan fingerprint density at radius 2 is 1.93 bits per heavy atom. The highest BCUT2D eigenvalue weighted by Crippen LogP contribution is 2.19. The monoisotopic (exact) mass is 507 g/mol. The van der Waals surface area contributed by atoms with Crippen molar-refractivity contribution in [1.82, 2.24) is 20.2 Å². The SMILES string of the molecule is CN=C(NCCCn1c(C)nc2ccccc21)NCc1ccc(C)cc1OC.I. The van der Waals surface area contributed by atoms with Gasteiger partial charge in [0, 0.05) is 32.2 Å². The number of hydrogen-bond acceptors (Lipinski definition) is 3. The van der Waals surface area contributed by atoms with Crippen molar-refractivity contribution < 1.29 is 4.74 Å². The van der Waals surface area contributed by atoms with Crippen LogP contribution in [-0.2, 0) is 13.1 Å². The summed E-state index contributed by atoms with van der Waals surface area (Å²) < 4.78 is 7.74. The molecule has 0 atom stereocenters. The Bertz CT molecular complexity index is 967. The first kappa shape index (κ1) is 23.0. The molecule has 0 unspecified atom stereocenters. The molecule has 0 radical (unpaired) electrons. The molecule has 0 saturated heterocycles. The van der Waals surface area contributed by atoms with E-state index in [9.17, 15) is 0 Å². The van der Waals surface area contributed by atoms with Gasteiger partial charge in [-0.15, -0.1) is 24.0 Å². The van der Waals surface area contributed by atoms with Crippen LogP contribution in [0.25, 0.3) is 11.0 Å². The first-order valence-corrected chi connectivity index (χ1v) is 9.62. The number of guanidine groups is 1. The van der Waals surface area contributed by atoms with E-state index in [-0.39, 0.29) is 24.0 Å². The molecule has 0 bridgehead atoms. The van der Waals surface area contributed by atoms with E-state index in [4.69, 9.17) is 4.74 Å². The third kappa shape index (κ3) is 5.85. The molecule has 1 heterocycles. The highest BCUT2D eigenvalue weighted by atomic mass is 127. The summed E-state index contributed by atoms with van der Waals surface area (Å²) in [6.07, 6.45) is 0.982. The minimum Gasteiger partial charge on any atom is -0.496 e. The molecule has 0 aliphatic heterocycles. The zero-order valence-electron chi connectivity index (χ0n) is 17.5. The highest BCUT2D eigenvalue weighted by Gasteiger charge is 2.07. The van der Waals surface area contributed by atoms with Crippen molar-refractivity contribution in [2.45, 2.75) is 33.4 Å². The molecule has 7 heteroatoms. The first-order chi connectivity index (χ1) is 13.6. The van der Waals surface area contributed by atoms with Crippen molar-refractivity contribution in [2.24, 2.45) is 4.99 Å². The molecule has 0 fully saturated rings. The molecule has 3 aromatic rings. The molecule has 0 aliphatic rings. The topological polar surface area (TPSA) is 63.5 Å². The van der Waals surface area contributed by atoms with Crippen LogP contribution in [0.4, 0.5) is 0 Å². The van der Waals surface area contributed by atoms with Gasteiger partial charge in [0.25, 0.3) is 0 Å². The number of halogens is 1. The van der Waals surface area contributed by atoms with E-state index in [1.165, 1.54) is 11.1 Å². The summed E-state index contributed by atoms with van der Waals surface area (Å²) in [6.45, 7) is 6.53. The van der Waals surface area contributed by atoms with Gasteiger partial charge in [-0.1, -0.05) is 24.3 Å². The van der Waals surface area contributed by atoms with Crippen LogP contribution in [-0.4, -0.2) is 36.2 Å². The van der Waals surface area contributed by atoms with Gasteiger partial charge in [-0.2, -0.15) is 0 Å². The van der Waals surface area contributed by atoms with E-state index in [0.717, 1.165) is 48.1 Å². The highest BCUT2D eigenvalue weighted by molar-refractivity contribution is 14.0. The third-order valence-corrected chi connectivity index (χ3v) is 4.81. The number of fused-ring (bicyclic) bond motifs is 1. The van der Waals surface area contributed by atoms with Crippen LogP contribution >= 0.6 is 24.0 Å². The number of nitrogens with one attached hydrogen (secondary N) is 2. The summed E-state index contributed by atoms with van der Waals surface area (Å²) in [7, 11) is 3.49. The molecular weight excluding hydrogens is 477 g/mol. The van der Waals surface area contributed by atoms with Crippen molar-refractivity contribution in [2.75, 3.05) is 20.7 Å². The normalized spacial score (nSPS) is 11.2. The summed E-state index contributed by atoms with van der Waals surface area (Å²) >= 11 is 0. The summed E-state index contributed by atoms with van der Waals surface area (Å²) in [5, 5.41) is 6.74. The van der Waals surface area contributed by atoms with Crippen LogP contribution in [0.1, 0.15) is 23.4 Å². The molecule has 6 nitrogen and oxygen atoms in total. The van der Waals surface area contributed by atoms with Crippen molar-refractivity contribution in [3.05, 3.63) is 59.4 Å². The molecule has 3 rings (SSSR count). The average molecular weight is 507 g/mol. The van der Waals surface area contributed by atoms with Crippen LogP contribution in [0.3, 0.4) is 0 Å². The number of imidazole rings is 1. The van der Waals surface area contributed by atoms with E-state index >= 15 is 0 Å². The van der Waals surface area contributed by atoms with Gasteiger partial charge in [-0.05, 0) is 44.0 Å².